The maximum Gasteiger partial charge on any atom is 0.243 e. The lowest BCUT2D eigenvalue weighted by molar-refractivity contribution is -0.149. The summed E-state index contributed by atoms with van der Waals surface area (Å²) in [4.78, 5) is 41.4. The van der Waals surface area contributed by atoms with Crippen LogP contribution in [0.3, 0.4) is 0 Å². The molecule has 5 heteroatoms. The van der Waals surface area contributed by atoms with Gasteiger partial charge in [0.15, 0.2) is 0 Å². The van der Waals surface area contributed by atoms with Gasteiger partial charge >= 0.3 is 0 Å². The van der Waals surface area contributed by atoms with Crippen molar-refractivity contribution < 1.29 is 14.4 Å². The number of carbonyl (C=O) groups is 3. The summed E-state index contributed by atoms with van der Waals surface area (Å²) in [7, 11) is 0. The molecule has 1 aromatic rings. The molecule has 0 radical (unpaired) electrons. The summed E-state index contributed by atoms with van der Waals surface area (Å²) in [6.07, 6.45) is 8.96. The Labute approximate surface area is 172 Å². The molecular weight excluding hydrogens is 364 g/mol. The highest BCUT2D eigenvalue weighted by atomic mass is 16.2. The first-order valence-corrected chi connectivity index (χ1v) is 11.3. The minimum absolute atomic E-state index is 0.0908. The van der Waals surface area contributed by atoms with Crippen LogP contribution in [0.5, 0.6) is 0 Å². The predicted molar refractivity (Wildman–Crippen MR) is 109 cm³/mol. The molecule has 3 saturated carbocycles. The molecule has 5 rings (SSSR count). The Morgan fingerprint density at radius 3 is 2.17 bits per heavy atom. The van der Waals surface area contributed by atoms with Gasteiger partial charge < -0.3 is 5.32 Å². The van der Waals surface area contributed by atoms with Gasteiger partial charge in [-0.15, -0.1) is 0 Å². The molecule has 1 N–H and O–H groups in total. The van der Waals surface area contributed by atoms with Crippen LogP contribution in [0.4, 0.5) is 0 Å². The molecule has 5 atom stereocenters. The van der Waals surface area contributed by atoms with Crippen LogP contribution in [0.15, 0.2) is 30.3 Å². The van der Waals surface area contributed by atoms with Crippen LogP contribution >= 0.6 is 0 Å². The van der Waals surface area contributed by atoms with Crippen LogP contribution in [-0.4, -0.2) is 34.7 Å². The molecule has 1 aromatic carbocycles. The summed E-state index contributed by atoms with van der Waals surface area (Å²) in [5.74, 6) is -0.0203. The maximum absolute atomic E-state index is 13.3. The average molecular weight is 395 g/mol. The van der Waals surface area contributed by atoms with E-state index in [1.807, 2.05) is 30.3 Å². The topological polar surface area (TPSA) is 66.5 Å². The van der Waals surface area contributed by atoms with Crippen molar-refractivity contribution in [3.05, 3.63) is 35.9 Å². The first kappa shape index (κ1) is 18.8. The van der Waals surface area contributed by atoms with Crippen molar-refractivity contribution in [2.45, 2.75) is 69.9 Å². The Morgan fingerprint density at radius 1 is 0.931 bits per heavy atom. The Kier molecular flexibility index (Phi) is 4.92. The molecule has 5 nitrogen and oxygen atoms in total. The molecule has 3 amide bonds. The lowest BCUT2D eigenvalue weighted by Crippen LogP contribution is -2.53. The Morgan fingerprint density at radius 2 is 1.55 bits per heavy atom. The average Bonchev–Trinajstić information content (AvgIpc) is 3.42. The first-order chi connectivity index (χ1) is 14.1. The van der Waals surface area contributed by atoms with Gasteiger partial charge in [-0.3, -0.25) is 19.3 Å². The van der Waals surface area contributed by atoms with Gasteiger partial charge in [0, 0.05) is 12.5 Å². The Hall–Kier alpha value is -2.17. The summed E-state index contributed by atoms with van der Waals surface area (Å²) < 4.78 is 0. The SMILES string of the molecule is O=C(NC1CCCCC1)[C@H](Cc1ccccc1)N1C(=O)[C@@H]2[C@H]3CC[C@@H](C3)[C@@H]2C1=O. The standard InChI is InChI=1S/C24H30N2O3/c27-22(25-18-9-5-2-6-10-18)19(13-15-7-3-1-4-8-15)26-23(28)20-16-11-12-17(14-16)21(20)24(26)29/h1,3-4,7-8,16-21H,2,5-6,9-14H2,(H,25,27)/t16-,17-,19-,20-,21+/m0/s1. The second-order valence-electron chi connectivity index (χ2n) is 9.48. The van der Waals surface area contributed by atoms with E-state index in [2.05, 4.69) is 5.32 Å². The van der Waals surface area contributed by atoms with Crippen LogP contribution < -0.4 is 5.32 Å². The molecule has 1 aliphatic heterocycles. The number of fused-ring (bicyclic) bond motifs is 5. The predicted octanol–water partition coefficient (Wildman–Crippen LogP) is 3.08. The molecule has 3 aliphatic carbocycles. The highest BCUT2D eigenvalue weighted by Gasteiger charge is 2.62. The van der Waals surface area contributed by atoms with Crippen LogP contribution in [-0.2, 0) is 20.8 Å². The fraction of sp³-hybridized carbons (Fsp3) is 0.625. The summed E-state index contributed by atoms with van der Waals surface area (Å²) in [6.45, 7) is 0. The van der Waals surface area contributed by atoms with Crippen molar-refractivity contribution in [2.75, 3.05) is 0 Å². The first-order valence-electron chi connectivity index (χ1n) is 11.3. The van der Waals surface area contributed by atoms with Crippen LogP contribution in [0.2, 0.25) is 0 Å². The molecule has 29 heavy (non-hydrogen) atoms. The lowest BCUT2D eigenvalue weighted by atomic mass is 9.81. The zero-order valence-electron chi connectivity index (χ0n) is 16.9. The van der Waals surface area contributed by atoms with Gasteiger partial charge in [0.2, 0.25) is 17.7 Å². The molecule has 0 spiro atoms. The van der Waals surface area contributed by atoms with Gasteiger partial charge in [-0.2, -0.15) is 0 Å². The third-order valence-electron chi connectivity index (χ3n) is 7.80. The van der Waals surface area contributed by atoms with E-state index >= 15 is 0 Å². The minimum atomic E-state index is -0.732. The number of carbonyl (C=O) groups excluding carboxylic acids is 3. The molecule has 154 valence electrons. The number of benzene rings is 1. The van der Waals surface area contributed by atoms with Crippen LogP contribution in [0, 0.1) is 23.7 Å². The van der Waals surface area contributed by atoms with E-state index in [0.29, 0.717) is 18.3 Å². The van der Waals surface area contributed by atoms with Crippen molar-refractivity contribution in [1.82, 2.24) is 10.2 Å². The van der Waals surface area contributed by atoms with Crippen molar-refractivity contribution in [3.63, 3.8) is 0 Å². The molecule has 1 heterocycles. The Bertz CT molecular complexity index is 774. The van der Waals surface area contributed by atoms with Gasteiger partial charge in [-0.05, 0) is 49.5 Å². The van der Waals surface area contributed by atoms with E-state index in [9.17, 15) is 14.4 Å². The van der Waals surface area contributed by atoms with Gasteiger partial charge in [0.1, 0.15) is 6.04 Å². The second-order valence-corrected chi connectivity index (χ2v) is 9.48. The zero-order valence-corrected chi connectivity index (χ0v) is 16.9. The number of imide groups is 1. The summed E-state index contributed by atoms with van der Waals surface area (Å²) in [5, 5.41) is 3.18. The van der Waals surface area contributed by atoms with E-state index in [0.717, 1.165) is 50.5 Å². The number of rotatable bonds is 5. The third kappa shape index (κ3) is 3.28. The lowest BCUT2D eigenvalue weighted by Gasteiger charge is -2.30. The molecule has 0 unspecified atom stereocenters. The molecule has 4 aliphatic rings. The molecular formula is C24H30N2O3. The van der Waals surface area contributed by atoms with E-state index < -0.39 is 6.04 Å². The van der Waals surface area contributed by atoms with Gasteiger partial charge in [-0.25, -0.2) is 0 Å². The van der Waals surface area contributed by atoms with Gasteiger partial charge in [0.25, 0.3) is 0 Å². The number of hydrogen-bond donors (Lipinski definition) is 1. The number of nitrogens with one attached hydrogen (secondary N) is 1. The fourth-order valence-corrected chi connectivity index (χ4v) is 6.42. The number of hydrogen-bond acceptors (Lipinski definition) is 3. The van der Waals surface area contributed by atoms with Crippen LogP contribution in [0.1, 0.15) is 56.9 Å². The zero-order chi connectivity index (χ0) is 20.0. The number of likely N-dealkylation sites (tertiary alicyclic amines) is 1. The summed E-state index contributed by atoms with van der Waals surface area (Å²) >= 11 is 0. The van der Waals surface area contributed by atoms with E-state index in [-0.39, 0.29) is 35.6 Å². The highest BCUT2D eigenvalue weighted by molar-refractivity contribution is 6.09. The smallest absolute Gasteiger partial charge is 0.243 e. The van der Waals surface area contributed by atoms with E-state index in [1.54, 1.807) is 0 Å². The molecule has 2 bridgehead atoms. The van der Waals surface area contributed by atoms with Crippen LogP contribution in [0.25, 0.3) is 0 Å². The van der Waals surface area contributed by atoms with Gasteiger partial charge in [-0.1, -0.05) is 49.6 Å². The van der Waals surface area contributed by atoms with Crippen molar-refractivity contribution >= 4 is 17.7 Å². The maximum atomic E-state index is 13.3. The second kappa shape index (κ2) is 7.58. The third-order valence-corrected chi connectivity index (χ3v) is 7.80. The van der Waals surface area contributed by atoms with E-state index in [1.165, 1.54) is 11.3 Å². The number of amides is 3. The van der Waals surface area contributed by atoms with Crippen molar-refractivity contribution in [3.8, 4) is 0 Å². The monoisotopic (exact) mass is 394 g/mol. The van der Waals surface area contributed by atoms with E-state index in [4.69, 9.17) is 0 Å². The quantitative estimate of drug-likeness (QED) is 0.781. The molecule has 1 saturated heterocycles. The highest BCUT2D eigenvalue weighted by Crippen LogP contribution is 2.56. The summed E-state index contributed by atoms with van der Waals surface area (Å²) in [5.41, 5.74) is 0.983. The fourth-order valence-electron chi connectivity index (χ4n) is 6.42. The summed E-state index contributed by atoms with van der Waals surface area (Å²) in [6, 6.07) is 9.19. The van der Waals surface area contributed by atoms with Crippen molar-refractivity contribution in [2.24, 2.45) is 23.7 Å². The molecule has 4 fully saturated rings. The van der Waals surface area contributed by atoms with Crippen molar-refractivity contribution in [1.29, 1.82) is 0 Å². The van der Waals surface area contributed by atoms with Gasteiger partial charge in [0.05, 0.1) is 11.8 Å². The largest absolute Gasteiger partial charge is 0.352 e. The normalized spacial score (nSPS) is 32.5. The number of nitrogens with zero attached hydrogens (tertiary/aromatic N) is 1. The molecule has 0 aromatic heterocycles. The Balaban J connectivity index is 1.41. The minimum Gasteiger partial charge on any atom is -0.352 e.